The average molecular weight is 271 g/mol. The van der Waals surface area contributed by atoms with Gasteiger partial charge in [-0.2, -0.15) is 5.26 Å². The molecule has 20 heavy (non-hydrogen) atoms. The number of hydrogen-bond donors (Lipinski definition) is 0. The van der Waals surface area contributed by atoms with E-state index in [1.54, 1.807) is 18.2 Å². The van der Waals surface area contributed by atoms with Gasteiger partial charge < -0.3 is 0 Å². The average Bonchev–Trinajstić information content (AvgIpc) is 2.49. The zero-order chi connectivity index (χ0) is 15.0. The first-order valence-electron chi connectivity index (χ1n) is 5.38. The minimum Gasteiger partial charge on any atom is -0.258 e. The van der Waals surface area contributed by atoms with Crippen LogP contribution in [0.15, 0.2) is 54.6 Å². The second kappa shape index (κ2) is 7.23. The minimum absolute atomic E-state index is 0.0518. The van der Waals surface area contributed by atoms with Gasteiger partial charge in [-0.05, 0) is 6.07 Å². The highest BCUT2D eigenvalue weighted by Crippen LogP contribution is 2.11. The van der Waals surface area contributed by atoms with Crippen molar-refractivity contribution in [1.82, 2.24) is 0 Å². The van der Waals surface area contributed by atoms with Crippen LogP contribution in [0, 0.1) is 31.6 Å². The third-order valence-corrected chi connectivity index (χ3v) is 2.15. The minimum atomic E-state index is -0.527. The van der Waals surface area contributed by atoms with E-state index in [0.717, 1.165) is 0 Å². The number of hydrogen-bond acceptors (Lipinski definition) is 5. The van der Waals surface area contributed by atoms with Crippen molar-refractivity contribution in [3.05, 3.63) is 80.4 Å². The van der Waals surface area contributed by atoms with Crippen LogP contribution in [0.2, 0.25) is 0 Å². The van der Waals surface area contributed by atoms with Crippen LogP contribution in [0.3, 0.4) is 0 Å². The summed E-state index contributed by atoms with van der Waals surface area (Å²) in [6.45, 7) is 0. The Morgan fingerprint density at radius 3 is 1.85 bits per heavy atom. The van der Waals surface area contributed by atoms with Crippen LogP contribution in [0.5, 0.6) is 0 Å². The molecule has 0 N–H and O–H groups in total. The van der Waals surface area contributed by atoms with Crippen LogP contribution < -0.4 is 0 Å². The predicted octanol–water partition coefficient (Wildman–Crippen LogP) is 3.06. The van der Waals surface area contributed by atoms with Gasteiger partial charge in [0.15, 0.2) is 0 Å². The van der Waals surface area contributed by atoms with Gasteiger partial charge in [0.1, 0.15) is 0 Å². The summed E-state index contributed by atoms with van der Waals surface area (Å²) in [5.41, 5.74) is 0.390. The molecular weight excluding hydrogens is 262 g/mol. The summed E-state index contributed by atoms with van der Waals surface area (Å²) in [5.74, 6) is 0. The normalized spacial score (nSPS) is 8.75. The van der Waals surface area contributed by atoms with Crippen LogP contribution in [0.25, 0.3) is 0 Å². The number of nitrogens with zero attached hydrogens (tertiary/aromatic N) is 3. The summed E-state index contributed by atoms with van der Waals surface area (Å²) in [4.78, 5) is 19.2. The van der Waals surface area contributed by atoms with E-state index in [1.807, 2.05) is 6.07 Å². The van der Waals surface area contributed by atoms with Crippen LogP contribution in [-0.4, -0.2) is 9.85 Å². The topological polar surface area (TPSA) is 110 Å². The molecule has 0 aromatic heterocycles. The Kier molecular flexibility index (Phi) is 5.34. The summed E-state index contributed by atoms with van der Waals surface area (Å²) < 4.78 is 0. The molecular formula is C13H9N3O4. The summed E-state index contributed by atoms with van der Waals surface area (Å²) >= 11 is 0. The van der Waals surface area contributed by atoms with Gasteiger partial charge in [0.05, 0.1) is 21.5 Å². The Hall–Kier alpha value is -3.27. The first-order chi connectivity index (χ1) is 9.54. The van der Waals surface area contributed by atoms with E-state index in [1.165, 1.54) is 36.4 Å². The number of nitro groups is 2. The van der Waals surface area contributed by atoms with E-state index < -0.39 is 9.85 Å². The van der Waals surface area contributed by atoms with Gasteiger partial charge in [-0.3, -0.25) is 20.2 Å². The fourth-order valence-electron chi connectivity index (χ4n) is 1.24. The van der Waals surface area contributed by atoms with Gasteiger partial charge in [-0.1, -0.05) is 24.3 Å². The van der Waals surface area contributed by atoms with Crippen molar-refractivity contribution in [2.75, 3.05) is 0 Å². The zero-order valence-corrected chi connectivity index (χ0v) is 10.2. The van der Waals surface area contributed by atoms with Gasteiger partial charge in [0, 0.05) is 24.3 Å². The molecule has 7 nitrogen and oxygen atoms in total. The highest BCUT2D eigenvalue weighted by Gasteiger charge is 2.03. The fourth-order valence-corrected chi connectivity index (χ4v) is 1.24. The second-order valence-electron chi connectivity index (χ2n) is 3.51. The molecule has 0 saturated heterocycles. The van der Waals surface area contributed by atoms with Crippen LogP contribution in [0.4, 0.5) is 11.4 Å². The molecule has 2 rings (SSSR count). The molecule has 7 heteroatoms. The molecule has 0 aliphatic heterocycles. The van der Waals surface area contributed by atoms with Crippen molar-refractivity contribution in [2.45, 2.75) is 0 Å². The Bertz CT molecular complexity index is 650. The molecule has 0 bridgehead atoms. The van der Waals surface area contributed by atoms with Crippen LogP contribution >= 0.6 is 0 Å². The first kappa shape index (κ1) is 14.8. The number of nitriles is 1. The van der Waals surface area contributed by atoms with Crippen molar-refractivity contribution in [2.24, 2.45) is 0 Å². The summed E-state index contributed by atoms with van der Waals surface area (Å²) in [6, 6.07) is 15.3. The third-order valence-electron chi connectivity index (χ3n) is 2.15. The van der Waals surface area contributed by atoms with E-state index in [-0.39, 0.29) is 11.4 Å². The molecule has 2 aromatic rings. The zero-order valence-electron chi connectivity index (χ0n) is 10.2. The fraction of sp³-hybridized carbons (Fsp3) is 0. The Morgan fingerprint density at radius 2 is 1.40 bits per heavy atom. The van der Waals surface area contributed by atoms with Gasteiger partial charge in [0.2, 0.25) is 0 Å². The second-order valence-corrected chi connectivity index (χ2v) is 3.51. The molecule has 0 atom stereocenters. The van der Waals surface area contributed by atoms with E-state index in [9.17, 15) is 20.2 Å². The standard InChI is InChI=1S/C7H4N2O2.C6H5NO2/c8-5-6-2-1-3-7(4-6)9(10)11;8-7(9)6-4-2-1-3-5-6/h1-4H;1-5H. The van der Waals surface area contributed by atoms with Gasteiger partial charge in [-0.15, -0.1) is 0 Å². The number of nitro benzene ring substituents is 2. The lowest BCUT2D eigenvalue weighted by Gasteiger charge is -1.89. The van der Waals surface area contributed by atoms with Gasteiger partial charge >= 0.3 is 0 Å². The summed E-state index contributed by atoms with van der Waals surface area (Å²) in [5, 5.41) is 28.5. The first-order valence-corrected chi connectivity index (χ1v) is 5.38. The van der Waals surface area contributed by atoms with E-state index in [4.69, 9.17) is 5.26 Å². The lowest BCUT2D eigenvalue weighted by atomic mass is 10.2. The number of benzene rings is 2. The van der Waals surface area contributed by atoms with Crippen molar-refractivity contribution in [3.8, 4) is 6.07 Å². The Morgan fingerprint density at radius 1 is 0.850 bits per heavy atom. The molecule has 0 amide bonds. The van der Waals surface area contributed by atoms with Crippen LogP contribution in [-0.2, 0) is 0 Å². The number of rotatable bonds is 2. The highest BCUT2D eigenvalue weighted by molar-refractivity contribution is 5.40. The Balaban J connectivity index is 0.000000204. The largest absolute Gasteiger partial charge is 0.270 e. The van der Waals surface area contributed by atoms with Crippen molar-refractivity contribution in [1.29, 1.82) is 5.26 Å². The number of para-hydroxylation sites is 1. The monoisotopic (exact) mass is 271 g/mol. The van der Waals surface area contributed by atoms with Crippen molar-refractivity contribution < 1.29 is 9.85 Å². The molecule has 0 spiro atoms. The van der Waals surface area contributed by atoms with Gasteiger partial charge in [0.25, 0.3) is 11.4 Å². The smallest absolute Gasteiger partial charge is 0.258 e. The highest BCUT2D eigenvalue weighted by atomic mass is 16.6. The predicted molar refractivity (Wildman–Crippen MR) is 70.9 cm³/mol. The van der Waals surface area contributed by atoms with Crippen molar-refractivity contribution >= 4 is 11.4 Å². The molecule has 0 aliphatic carbocycles. The molecule has 0 fully saturated rings. The molecule has 0 heterocycles. The van der Waals surface area contributed by atoms with E-state index >= 15 is 0 Å². The lowest BCUT2D eigenvalue weighted by Crippen LogP contribution is -1.87. The number of non-ortho nitro benzene ring substituents is 2. The lowest BCUT2D eigenvalue weighted by molar-refractivity contribution is -0.385. The molecule has 2 aromatic carbocycles. The summed E-state index contributed by atoms with van der Waals surface area (Å²) in [7, 11) is 0. The Labute approximate surface area is 114 Å². The maximum atomic E-state index is 10.2. The van der Waals surface area contributed by atoms with E-state index in [0.29, 0.717) is 5.56 Å². The maximum Gasteiger partial charge on any atom is 0.270 e. The quantitative estimate of drug-likeness (QED) is 0.615. The molecule has 100 valence electrons. The SMILES string of the molecule is N#Cc1cccc([N+](=O)[O-])c1.O=[N+]([O-])c1ccccc1. The maximum absolute atomic E-state index is 10.2. The molecule has 0 saturated carbocycles. The molecule has 0 radical (unpaired) electrons. The van der Waals surface area contributed by atoms with Crippen molar-refractivity contribution in [3.63, 3.8) is 0 Å². The van der Waals surface area contributed by atoms with Gasteiger partial charge in [-0.25, -0.2) is 0 Å². The molecule has 0 unspecified atom stereocenters. The van der Waals surface area contributed by atoms with E-state index in [2.05, 4.69) is 0 Å². The van der Waals surface area contributed by atoms with Crippen LogP contribution in [0.1, 0.15) is 5.56 Å². The summed E-state index contributed by atoms with van der Waals surface area (Å²) in [6.07, 6.45) is 0. The third kappa shape index (κ3) is 4.54. The molecule has 0 aliphatic rings.